The molecule has 1 fully saturated rings. The van der Waals surface area contributed by atoms with Crippen LogP contribution in [0.25, 0.3) is 0 Å². The van der Waals surface area contributed by atoms with Gasteiger partial charge in [0, 0.05) is 6.42 Å². The van der Waals surface area contributed by atoms with Gasteiger partial charge in [-0.1, -0.05) is 42.5 Å². The molecule has 26 heavy (non-hydrogen) atoms. The van der Waals surface area contributed by atoms with Crippen molar-refractivity contribution in [3.05, 3.63) is 71.3 Å². The fourth-order valence-electron chi connectivity index (χ4n) is 2.92. The van der Waals surface area contributed by atoms with Gasteiger partial charge in [-0.2, -0.15) is 0 Å². The molecule has 0 spiro atoms. The molecule has 134 valence electrons. The van der Waals surface area contributed by atoms with Crippen LogP contribution in [-0.4, -0.2) is 24.0 Å². The van der Waals surface area contributed by atoms with Gasteiger partial charge in [-0.3, -0.25) is 10.1 Å². The van der Waals surface area contributed by atoms with Crippen molar-refractivity contribution in [3.63, 3.8) is 0 Å². The SMILES string of the molecule is C[C@H](Cc1ccccc1)OC(=O)c1ccc([C@@]2(C)NC(=O)NC2=O)cc1. The van der Waals surface area contributed by atoms with E-state index >= 15 is 0 Å². The Morgan fingerprint density at radius 1 is 1.08 bits per heavy atom. The van der Waals surface area contributed by atoms with Crippen molar-refractivity contribution < 1.29 is 19.1 Å². The summed E-state index contributed by atoms with van der Waals surface area (Å²) >= 11 is 0. The lowest BCUT2D eigenvalue weighted by Crippen LogP contribution is -2.40. The van der Waals surface area contributed by atoms with Gasteiger partial charge in [0.25, 0.3) is 5.91 Å². The van der Waals surface area contributed by atoms with E-state index < -0.39 is 23.4 Å². The highest BCUT2D eigenvalue weighted by atomic mass is 16.5. The van der Waals surface area contributed by atoms with Gasteiger partial charge in [0.1, 0.15) is 11.6 Å². The third kappa shape index (κ3) is 3.59. The van der Waals surface area contributed by atoms with Gasteiger partial charge in [-0.15, -0.1) is 0 Å². The van der Waals surface area contributed by atoms with Crippen LogP contribution in [0.1, 0.15) is 35.3 Å². The zero-order chi connectivity index (χ0) is 18.7. The van der Waals surface area contributed by atoms with Gasteiger partial charge in [-0.25, -0.2) is 9.59 Å². The predicted molar refractivity (Wildman–Crippen MR) is 95.5 cm³/mol. The Morgan fingerprint density at radius 2 is 1.73 bits per heavy atom. The van der Waals surface area contributed by atoms with E-state index in [1.807, 2.05) is 37.3 Å². The van der Waals surface area contributed by atoms with E-state index in [0.717, 1.165) is 5.56 Å². The molecule has 6 nitrogen and oxygen atoms in total. The van der Waals surface area contributed by atoms with Crippen molar-refractivity contribution >= 4 is 17.9 Å². The smallest absolute Gasteiger partial charge is 0.338 e. The van der Waals surface area contributed by atoms with E-state index in [4.69, 9.17) is 4.74 Å². The van der Waals surface area contributed by atoms with Gasteiger partial charge in [0.05, 0.1) is 5.56 Å². The Bertz CT molecular complexity index is 833. The quantitative estimate of drug-likeness (QED) is 0.640. The Hall–Kier alpha value is -3.15. The molecule has 0 aromatic heterocycles. The zero-order valence-corrected chi connectivity index (χ0v) is 14.6. The van der Waals surface area contributed by atoms with Gasteiger partial charge >= 0.3 is 12.0 Å². The van der Waals surface area contributed by atoms with Crippen molar-refractivity contribution in [1.82, 2.24) is 10.6 Å². The van der Waals surface area contributed by atoms with Crippen LogP contribution in [0.15, 0.2) is 54.6 Å². The number of imide groups is 1. The highest BCUT2D eigenvalue weighted by molar-refractivity contribution is 6.07. The molecule has 0 unspecified atom stereocenters. The lowest BCUT2D eigenvalue weighted by atomic mass is 9.91. The van der Waals surface area contributed by atoms with Crippen LogP contribution < -0.4 is 10.6 Å². The number of urea groups is 1. The average Bonchev–Trinajstić information content (AvgIpc) is 2.88. The van der Waals surface area contributed by atoms with E-state index in [9.17, 15) is 14.4 Å². The number of ether oxygens (including phenoxy) is 1. The minimum absolute atomic E-state index is 0.262. The molecule has 0 bridgehead atoms. The normalized spacial score (nSPS) is 20.2. The summed E-state index contributed by atoms with van der Waals surface area (Å²) in [7, 11) is 0. The molecule has 3 rings (SSSR count). The third-order valence-corrected chi connectivity index (χ3v) is 4.42. The molecule has 0 aliphatic carbocycles. The number of carbonyl (C=O) groups is 3. The topological polar surface area (TPSA) is 84.5 Å². The number of benzene rings is 2. The maximum atomic E-state index is 12.3. The monoisotopic (exact) mass is 352 g/mol. The van der Waals surface area contributed by atoms with E-state index in [-0.39, 0.29) is 6.10 Å². The Balaban J connectivity index is 1.65. The number of amides is 3. The van der Waals surface area contributed by atoms with E-state index in [1.165, 1.54) is 0 Å². The summed E-state index contributed by atoms with van der Waals surface area (Å²) in [6.07, 6.45) is 0.372. The summed E-state index contributed by atoms with van der Waals surface area (Å²) in [5.41, 5.74) is 0.941. The molecular weight excluding hydrogens is 332 g/mol. The molecule has 3 amide bonds. The molecule has 1 aliphatic heterocycles. The van der Waals surface area contributed by atoms with Crippen molar-refractivity contribution in [2.24, 2.45) is 0 Å². The zero-order valence-electron chi connectivity index (χ0n) is 14.6. The van der Waals surface area contributed by atoms with Crippen LogP contribution in [0, 0.1) is 0 Å². The maximum Gasteiger partial charge on any atom is 0.338 e. The second-order valence-corrected chi connectivity index (χ2v) is 6.52. The second kappa shape index (κ2) is 7.00. The van der Waals surface area contributed by atoms with Crippen molar-refractivity contribution in [2.45, 2.75) is 31.9 Å². The van der Waals surface area contributed by atoms with Gasteiger partial charge in [-0.05, 0) is 37.1 Å². The van der Waals surface area contributed by atoms with Gasteiger partial charge in [0.15, 0.2) is 0 Å². The Labute approximate surface area is 151 Å². The molecule has 6 heteroatoms. The van der Waals surface area contributed by atoms with E-state index in [0.29, 0.717) is 17.5 Å². The molecule has 2 aromatic rings. The van der Waals surface area contributed by atoms with Crippen LogP contribution in [-0.2, 0) is 21.5 Å². The molecule has 1 heterocycles. The number of rotatable bonds is 5. The molecule has 2 atom stereocenters. The van der Waals surface area contributed by atoms with Crippen LogP contribution in [0.4, 0.5) is 4.79 Å². The Morgan fingerprint density at radius 3 is 2.31 bits per heavy atom. The highest BCUT2D eigenvalue weighted by Gasteiger charge is 2.43. The fraction of sp³-hybridized carbons (Fsp3) is 0.250. The van der Waals surface area contributed by atoms with E-state index in [2.05, 4.69) is 10.6 Å². The first-order valence-electron chi connectivity index (χ1n) is 8.37. The largest absolute Gasteiger partial charge is 0.459 e. The highest BCUT2D eigenvalue weighted by Crippen LogP contribution is 2.24. The first-order chi connectivity index (χ1) is 12.4. The summed E-state index contributed by atoms with van der Waals surface area (Å²) in [5, 5.41) is 4.80. The van der Waals surface area contributed by atoms with Crippen LogP contribution in [0.3, 0.4) is 0 Å². The Kier molecular flexibility index (Phi) is 4.75. The lowest BCUT2D eigenvalue weighted by molar-refractivity contribution is -0.123. The maximum absolute atomic E-state index is 12.3. The standard InChI is InChI=1S/C20H20N2O4/c1-13(12-14-6-4-3-5-7-14)26-17(23)15-8-10-16(11-9-15)20(2)18(24)21-19(25)22-20/h3-11,13H,12H2,1-2H3,(H2,21,22,24,25)/t13-,20-/m1/s1. The van der Waals surface area contributed by atoms with Gasteiger partial charge < -0.3 is 10.1 Å². The minimum Gasteiger partial charge on any atom is -0.459 e. The summed E-state index contributed by atoms with van der Waals surface area (Å²) in [5.74, 6) is -0.848. The number of esters is 1. The number of hydrogen-bond donors (Lipinski definition) is 2. The van der Waals surface area contributed by atoms with E-state index in [1.54, 1.807) is 31.2 Å². The molecule has 0 saturated carbocycles. The van der Waals surface area contributed by atoms with Crippen LogP contribution in [0.2, 0.25) is 0 Å². The van der Waals surface area contributed by atoms with Crippen molar-refractivity contribution in [1.29, 1.82) is 0 Å². The lowest BCUT2D eigenvalue weighted by Gasteiger charge is -2.21. The first-order valence-corrected chi connectivity index (χ1v) is 8.37. The predicted octanol–water partition coefficient (Wildman–Crippen LogP) is 2.53. The molecule has 0 radical (unpaired) electrons. The number of nitrogens with one attached hydrogen (secondary N) is 2. The molecule has 2 N–H and O–H groups in total. The minimum atomic E-state index is -1.14. The summed E-state index contributed by atoms with van der Waals surface area (Å²) in [4.78, 5) is 35.6. The molecule has 2 aromatic carbocycles. The second-order valence-electron chi connectivity index (χ2n) is 6.52. The molecule has 1 aliphatic rings. The summed E-state index contributed by atoms with van der Waals surface area (Å²) in [6.45, 7) is 3.46. The third-order valence-electron chi connectivity index (χ3n) is 4.42. The van der Waals surface area contributed by atoms with Crippen LogP contribution >= 0.6 is 0 Å². The molecular formula is C20H20N2O4. The van der Waals surface area contributed by atoms with Crippen molar-refractivity contribution in [3.8, 4) is 0 Å². The average molecular weight is 352 g/mol. The van der Waals surface area contributed by atoms with Gasteiger partial charge in [0.2, 0.25) is 0 Å². The number of hydrogen-bond acceptors (Lipinski definition) is 4. The van der Waals surface area contributed by atoms with Crippen LogP contribution in [0.5, 0.6) is 0 Å². The molecule has 1 saturated heterocycles. The fourth-order valence-corrected chi connectivity index (χ4v) is 2.92. The first kappa shape index (κ1) is 17.7. The summed E-state index contributed by atoms with van der Waals surface area (Å²) in [6, 6.07) is 15.7. The summed E-state index contributed by atoms with van der Waals surface area (Å²) < 4.78 is 5.48. The number of carbonyl (C=O) groups excluding carboxylic acids is 3. The van der Waals surface area contributed by atoms with Crippen molar-refractivity contribution in [2.75, 3.05) is 0 Å².